The number of hydrogen-bond acceptors (Lipinski definition) is 9. The number of ether oxygens (including phenoxy) is 5. The normalized spacial score (nSPS) is 46.6. The zero-order chi connectivity index (χ0) is 38.9. The summed E-state index contributed by atoms with van der Waals surface area (Å²) in [6.07, 6.45) is 9.82. The first kappa shape index (κ1) is 39.8. The zero-order valence-corrected chi connectivity index (χ0v) is 35.5. The smallest absolute Gasteiger partial charge is 0.410 e. The van der Waals surface area contributed by atoms with E-state index >= 15 is 0 Å². The maximum Gasteiger partial charge on any atom is 0.410 e. The van der Waals surface area contributed by atoms with Gasteiger partial charge in [0.2, 0.25) is 0 Å². The Kier molecular flexibility index (Phi) is 9.77. The van der Waals surface area contributed by atoms with E-state index in [4.69, 9.17) is 29.4 Å². The molecule has 3 heterocycles. The van der Waals surface area contributed by atoms with Gasteiger partial charge >= 0.3 is 6.09 Å². The zero-order valence-electron chi connectivity index (χ0n) is 35.5. The topological polar surface area (TPSA) is 116 Å². The Hall–Kier alpha value is -1.01. The number of fused-ring (bicyclic) bond motifs is 4. The van der Waals surface area contributed by atoms with Crippen molar-refractivity contribution in [3.63, 3.8) is 0 Å². The molecule has 5 saturated carbocycles. The van der Waals surface area contributed by atoms with Gasteiger partial charge in [0.15, 0.2) is 6.29 Å². The van der Waals surface area contributed by atoms with Gasteiger partial charge in [-0.05, 0) is 145 Å². The Labute approximate surface area is 326 Å². The molecule has 0 aromatic rings. The fourth-order valence-corrected chi connectivity index (χ4v) is 15.0. The summed E-state index contributed by atoms with van der Waals surface area (Å²) in [7, 11) is 0. The van der Waals surface area contributed by atoms with E-state index in [1.54, 1.807) is 0 Å². The quantitative estimate of drug-likeness (QED) is 0.283. The van der Waals surface area contributed by atoms with E-state index in [-0.39, 0.29) is 53.2 Å². The predicted molar refractivity (Wildman–Crippen MR) is 208 cm³/mol. The molecule has 2 spiro atoms. The molecular formula is C44H75N3O7. The molecule has 1 amide bonds. The summed E-state index contributed by atoms with van der Waals surface area (Å²) < 4.78 is 32.1. The third kappa shape index (κ3) is 6.15. The molecule has 10 nitrogen and oxygen atoms in total. The summed E-state index contributed by atoms with van der Waals surface area (Å²) in [6, 6.07) is 0. The van der Waals surface area contributed by atoms with E-state index in [1.807, 2.05) is 46.4 Å². The molecule has 0 aromatic carbocycles. The first-order chi connectivity index (χ1) is 25.2. The van der Waals surface area contributed by atoms with Crippen molar-refractivity contribution in [2.45, 2.75) is 174 Å². The van der Waals surface area contributed by atoms with Gasteiger partial charge in [-0.1, -0.05) is 27.7 Å². The minimum atomic E-state index is -0.966. The van der Waals surface area contributed by atoms with Crippen LogP contribution in [0.2, 0.25) is 0 Å². The van der Waals surface area contributed by atoms with Crippen LogP contribution in [0, 0.1) is 51.2 Å². The third-order valence-electron chi connectivity index (χ3n) is 17.1. The van der Waals surface area contributed by atoms with Gasteiger partial charge in [-0.25, -0.2) is 4.79 Å². The number of carbonyl (C=O) groups excluding carboxylic acids is 1. The molecule has 3 N–H and O–H groups in total. The van der Waals surface area contributed by atoms with Crippen LogP contribution in [0.25, 0.3) is 0 Å². The Bertz CT molecular complexity index is 1420. The van der Waals surface area contributed by atoms with Crippen molar-refractivity contribution in [1.82, 2.24) is 9.80 Å². The number of hydrogen-bond donors (Lipinski definition) is 2. The summed E-state index contributed by atoms with van der Waals surface area (Å²) in [5.41, 5.74) is 7.10. The number of aliphatic hydroxyl groups is 1. The molecule has 0 bridgehead atoms. The van der Waals surface area contributed by atoms with Crippen molar-refractivity contribution in [3.8, 4) is 0 Å². The molecule has 8 fully saturated rings. The molecule has 54 heavy (non-hydrogen) atoms. The van der Waals surface area contributed by atoms with Crippen LogP contribution in [0.15, 0.2) is 0 Å². The van der Waals surface area contributed by atoms with Gasteiger partial charge in [-0.3, -0.25) is 4.90 Å². The predicted octanol–water partition coefficient (Wildman–Crippen LogP) is 6.61. The second-order valence-electron chi connectivity index (χ2n) is 22.1. The largest absolute Gasteiger partial charge is 0.444 e. The van der Waals surface area contributed by atoms with Crippen molar-refractivity contribution in [2.24, 2.45) is 57.0 Å². The Morgan fingerprint density at radius 2 is 1.70 bits per heavy atom. The van der Waals surface area contributed by atoms with Crippen LogP contribution >= 0.6 is 0 Å². The number of morpholine rings is 1. The summed E-state index contributed by atoms with van der Waals surface area (Å²) in [4.78, 5) is 16.8. The second kappa shape index (κ2) is 13.3. The molecule has 8 aliphatic rings. The third-order valence-corrected chi connectivity index (χ3v) is 17.1. The minimum absolute atomic E-state index is 0.0535. The van der Waals surface area contributed by atoms with Crippen LogP contribution in [0.4, 0.5) is 4.79 Å². The number of amides is 1. The number of carbonyl (C=O) groups is 1. The van der Waals surface area contributed by atoms with Crippen molar-refractivity contribution in [1.29, 1.82) is 0 Å². The van der Waals surface area contributed by atoms with Gasteiger partial charge in [0.05, 0.1) is 30.5 Å². The first-order valence-corrected chi connectivity index (χ1v) is 21.9. The van der Waals surface area contributed by atoms with Crippen molar-refractivity contribution in [3.05, 3.63) is 0 Å². The lowest BCUT2D eigenvalue weighted by molar-refractivity contribution is -0.246. The number of nitrogens with zero attached hydrogens (tertiary/aromatic N) is 2. The van der Waals surface area contributed by atoms with Gasteiger partial charge < -0.3 is 39.4 Å². The van der Waals surface area contributed by atoms with Gasteiger partial charge in [-0.2, -0.15) is 0 Å². The van der Waals surface area contributed by atoms with Crippen LogP contribution in [-0.4, -0.2) is 114 Å². The van der Waals surface area contributed by atoms with Crippen LogP contribution in [0.1, 0.15) is 127 Å². The molecule has 0 aromatic heterocycles. The highest BCUT2D eigenvalue weighted by Gasteiger charge is 2.83. The van der Waals surface area contributed by atoms with Crippen LogP contribution < -0.4 is 5.73 Å². The molecule has 308 valence electrons. The first-order valence-electron chi connectivity index (χ1n) is 21.9. The summed E-state index contributed by atoms with van der Waals surface area (Å²) in [5, 5.41) is 11.1. The van der Waals surface area contributed by atoms with E-state index in [2.05, 4.69) is 32.6 Å². The van der Waals surface area contributed by atoms with Crippen LogP contribution in [0.3, 0.4) is 0 Å². The van der Waals surface area contributed by atoms with E-state index in [0.29, 0.717) is 53.6 Å². The Morgan fingerprint density at radius 3 is 2.39 bits per heavy atom. The molecule has 0 radical (unpaired) electrons. The number of likely N-dealkylation sites (tertiary alicyclic amines) is 1. The maximum atomic E-state index is 12.5. The van der Waals surface area contributed by atoms with Crippen molar-refractivity contribution < 1.29 is 33.6 Å². The molecular weight excluding hydrogens is 682 g/mol. The average Bonchev–Trinajstić information content (AvgIpc) is 3.64. The van der Waals surface area contributed by atoms with E-state index in [1.165, 1.54) is 38.5 Å². The summed E-state index contributed by atoms with van der Waals surface area (Å²) in [5.74, 6) is 2.53. The number of nitrogens with two attached hydrogens (primary N) is 1. The van der Waals surface area contributed by atoms with Crippen LogP contribution in [-0.2, 0) is 23.7 Å². The standard InChI is InChI=1S/C44H75N3O7/c1-11-50-36(40(8,9)49)29-20-27(2)35-30(52-29)21-44(45)32-13-12-31-39(6,7)33(14-15-42(31)26-43(32,42)17-16-41(35,44)10)53-34-25-46(18-19-51-34)22-28-23-47(24-28)37(48)54-38(3,4)5/h27-36,49H,11-26,45H2,1-10H3/t27-,29-,30-,31+,32-,33+,34+,35?,36+,41-,42-,43+,44-/m1/s1. The maximum absolute atomic E-state index is 12.5. The van der Waals surface area contributed by atoms with E-state index in [9.17, 15) is 9.90 Å². The molecule has 3 saturated heterocycles. The molecule has 5 aliphatic carbocycles. The lowest BCUT2D eigenvalue weighted by atomic mass is 9.44. The summed E-state index contributed by atoms with van der Waals surface area (Å²) >= 11 is 0. The van der Waals surface area contributed by atoms with Crippen LogP contribution in [0.5, 0.6) is 0 Å². The van der Waals surface area contributed by atoms with E-state index < -0.39 is 11.2 Å². The van der Waals surface area contributed by atoms with Gasteiger partial charge in [0, 0.05) is 50.8 Å². The minimum Gasteiger partial charge on any atom is -0.444 e. The van der Waals surface area contributed by atoms with Gasteiger partial charge in [0.25, 0.3) is 0 Å². The highest BCUT2D eigenvalue weighted by Crippen LogP contribution is 2.87. The highest BCUT2D eigenvalue weighted by atomic mass is 16.7. The molecule has 3 aliphatic heterocycles. The Morgan fingerprint density at radius 1 is 1.00 bits per heavy atom. The fourth-order valence-electron chi connectivity index (χ4n) is 15.0. The van der Waals surface area contributed by atoms with Crippen molar-refractivity contribution >= 4 is 6.09 Å². The summed E-state index contributed by atoms with van der Waals surface area (Å²) in [6.45, 7) is 26.9. The van der Waals surface area contributed by atoms with Gasteiger partial charge in [0.1, 0.15) is 11.7 Å². The lowest BCUT2D eigenvalue weighted by Gasteiger charge is -2.63. The monoisotopic (exact) mass is 758 g/mol. The highest BCUT2D eigenvalue weighted by molar-refractivity contribution is 5.69. The second-order valence-corrected chi connectivity index (χ2v) is 22.1. The molecule has 1 unspecified atom stereocenters. The lowest BCUT2D eigenvalue weighted by Crippen LogP contribution is -2.66. The molecule has 13 atom stereocenters. The number of rotatable bonds is 8. The molecule has 10 heteroatoms. The van der Waals surface area contributed by atoms with Crippen molar-refractivity contribution in [2.75, 3.05) is 45.9 Å². The fraction of sp³-hybridized carbons (Fsp3) is 0.977. The average molecular weight is 758 g/mol. The Balaban J connectivity index is 0.913. The van der Waals surface area contributed by atoms with E-state index in [0.717, 1.165) is 52.0 Å². The SMILES string of the molecule is CCO[C@@H]([C@H]1C[C@@H](C)C2[C@@H](C[C@@]3(N)[C@@H]4CC[C@H]5C(C)(C)[C@@H](O[C@H]6CN(CC7CN(C(=O)OC(C)(C)C)C7)CCO6)CC[C@@]56C[C@@]46CC[C@]23C)O1)C(C)(C)O. The van der Waals surface area contributed by atoms with Gasteiger partial charge in [-0.15, -0.1) is 0 Å². The molecule has 8 rings (SSSR count).